The minimum Gasteiger partial charge on any atom is -0.508 e. The molecule has 6 heteroatoms. The molecule has 0 aliphatic carbocycles. The van der Waals surface area contributed by atoms with Crippen LogP contribution in [0.5, 0.6) is 17.2 Å². The minimum absolute atomic E-state index is 0.0541. The van der Waals surface area contributed by atoms with Crippen molar-refractivity contribution < 1.29 is 22.8 Å². The number of benzene rings is 3. The molecule has 27 heavy (non-hydrogen) atoms. The summed E-state index contributed by atoms with van der Waals surface area (Å²) in [6, 6.07) is 16.1. The molecular formula is C21H18O5S. The maximum atomic E-state index is 13.5. The Morgan fingerprint density at radius 3 is 1.81 bits per heavy atom. The first-order valence-electron chi connectivity index (χ1n) is 8.41. The van der Waals surface area contributed by atoms with Crippen molar-refractivity contribution >= 4 is 10.1 Å². The van der Waals surface area contributed by atoms with Gasteiger partial charge in [0.15, 0.2) is 4.75 Å². The Morgan fingerprint density at radius 2 is 1.30 bits per heavy atom. The van der Waals surface area contributed by atoms with E-state index in [-0.39, 0.29) is 17.2 Å². The van der Waals surface area contributed by atoms with Gasteiger partial charge in [0.25, 0.3) is 0 Å². The molecule has 0 fully saturated rings. The molecule has 3 aromatic rings. The standard InChI is InChI=1S/C21H18O5S/c1-13-11-15(22)7-9-17(13)21(18-10-8-16(23)12-14(18)2)19-5-3-4-6-20(19)26-27(21,24)25/h3-12,22-23H,1-2H3. The Morgan fingerprint density at radius 1 is 0.778 bits per heavy atom. The number of phenolic OH excluding ortho intramolecular Hbond substituents is 2. The van der Waals surface area contributed by atoms with Crippen LogP contribution in [0.3, 0.4) is 0 Å². The second-order valence-electron chi connectivity index (χ2n) is 6.71. The van der Waals surface area contributed by atoms with E-state index >= 15 is 0 Å². The van der Waals surface area contributed by atoms with E-state index in [1.807, 2.05) is 0 Å². The van der Waals surface area contributed by atoms with Crippen LogP contribution in [0, 0.1) is 13.8 Å². The summed E-state index contributed by atoms with van der Waals surface area (Å²) in [5.41, 5.74) is 2.74. The van der Waals surface area contributed by atoms with Crippen LogP contribution in [0.25, 0.3) is 0 Å². The first kappa shape index (κ1) is 17.4. The number of aryl methyl sites for hydroxylation is 2. The molecule has 0 bridgehead atoms. The van der Waals surface area contributed by atoms with E-state index in [1.54, 1.807) is 50.2 Å². The van der Waals surface area contributed by atoms with Crippen LogP contribution in [0.1, 0.15) is 27.8 Å². The molecule has 3 aromatic carbocycles. The number of hydrogen-bond donors (Lipinski definition) is 2. The van der Waals surface area contributed by atoms with E-state index < -0.39 is 14.9 Å². The second-order valence-corrected chi connectivity index (χ2v) is 8.40. The van der Waals surface area contributed by atoms with Crippen molar-refractivity contribution in [3.8, 4) is 17.2 Å². The number of phenols is 2. The zero-order valence-corrected chi connectivity index (χ0v) is 15.6. The molecule has 5 nitrogen and oxygen atoms in total. The largest absolute Gasteiger partial charge is 0.508 e. The van der Waals surface area contributed by atoms with Crippen LogP contribution >= 0.6 is 0 Å². The van der Waals surface area contributed by atoms with Gasteiger partial charge in [-0.3, -0.25) is 0 Å². The highest BCUT2D eigenvalue weighted by Gasteiger charge is 2.58. The second kappa shape index (κ2) is 5.76. The normalized spacial score (nSPS) is 16.5. The molecule has 1 heterocycles. The van der Waals surface area contributed by atoms with Gasteiger partial charge in [-0.05, 0) is 66.4 Å². The summed E-state index contributed by atoms with van der Waals surface area (Å²) >= 11 is 0. The number of hydrogen-bond acceptors (Lipinski definition) is 5. The maximum Gasteiger partial charge on any atom is 0.328 e. The molecule has 1 aliphatic rings. The molecule has 1 aliphatic heterocycles. The summed E-state index contributed by atoms with van der Waals surface area (Å²) in [5, 5.41) is 19.7. The van der Waals surface area contributed by atoms with Crippen molar-refractivity contribution in [2.24, 2.45) is 0 Å². The predicted molar refractivity (Wildman–Crippen MR) is 102 cm³/mol. The molecule has 2 N–H and O–H groups in total. The lowest BCUT2D eigenvalue weighted by Gasteiger charge is -2.31. The highest BCUT2D eigenvalue weighted by Crippen LogP contribution is 2.54. The van der Waals surface area contributed by atoms with E-state index in [0.717, 1.165) is 0 Å². The topological polar surface area (TPSA) is 83.8 Å². The monoisotopic (exact) mass is 382 g/mol. The first-order valence-corrected chi connectivity index (χ1v) is 9.82. The van der Waals surface area contributed by atoms with Crippen molar-refractivity contribution in [3.63, 3.8) is 0 Å². The summed E-state index contributed by atoms with van der Waals surface area (Å²) in [4.78, 5) is 0. The fraction of sp³-hybridized carbons (Fsp3) is 0.143. The van der Waals surface area contributed by atoms with Gasteiger partial charge in [-0.2, -0.15) is 8.42 Å². The molecule has 138 valence electrons. The van der Waals surface area contributed by atoms with Gasteiger partial charge in [0.2, 0.25) is 0 Å². The van der Waals surface area contributed by atoms with Crippen molar-refractivity contribution in [2.75, 3.05) is 0 Å². The van der Waals surface area contributed by atoms with Crippen molar-refractivity contribution in [1.29, 1.82) is 0 Å². The van der Waals surface area contributed by atoms with Gasteiger partial charge in [0.05, 0.1) is 0 Å². The smallest absolute Gasteiger partial charge is 0.328 e. The van der Waals surface area contributed by atoms with Crippen LogP contribution in [0.15, 0.2) is 60.7 Å². The Hall–Kier alpha value is -2.99. The molecule has 0 amide bonds. The Balaban J connectivity index is 2.21. The zero-order chi connectivity index (χ0) is 19.4. The third kappa shape index (κ3) is 2.33. The summed E-state index contributed by atoms with van der Waals surface area (Å²) in [5.74, 6) is 0.384. The fourth-order valence-corrected chi connectivity index (χ4v) is 5.88. The van der Waals surface area contributed by atoms with Gasteiger partial charge in [-0.1, -0.05) is 30.3 Å². The van der Waals surface area contributed by atoms with E-state index in [4.69, 9.17) is 4.18 Å². The predicted octanol–water partition coefficient (Wildman–Crippen LogP) is 3.73. The van der Waals surface area contributed by atoms with E-state index in [2.05, 4.69) is 0 Å². The lowest BCUT2D eigenvalue weighted by Crippen LogP contribution is -2.37. The van der Waals surface area contributed by atoms with Gasteiger partial charge >= 0.3 is 10.1 Å². The highest BCUT2D eigenvalue weighted by atomic mass is 32.2. The molecule has 4 rings (SSSR count). The zero-order valence-electron chi connectivity index (χ0n) is 14.8. The average molecular weight is 382 g/mol. The van der Waals surface area contributed by atoms with E-state index in [1.165, 1.54) is 24.3 Å². The Bertz CT molecular complexity index is 1110. The lowest BCUT2D eigenvalue weighted by atomic mass is 9.80. The third-order valence-corrected chi connectivity index (χ3v) is 6.83. The maximum absolute atomic E-state index is 13.5. The highest BCUT2D eigenvalue weighted by molar-refractivity contribution is 7.88. The van der Waals surface area contributed by atoms with Crippen LogP contribution in [0.4, 0.5) is 0 Å². The van der Waals surface area contributed by atoms with Gasteiger partial charge in [-0.25, -0.2) is 0 Å². The van der Waals surface area contributed by atoms with Crippen LogP contribution in [-0.2, 0) is 14.9 Å². The van der Waals surface area contributed by atoms with Crippen LogP contribution in [0.2, 0.25) is 0 Å². The van der Waals surface area contributed by atoms with Gasteiger partial charge in [-0.15, -0.1) is 0 Å². The quantitative estimate of drug-likeness (QED) is 0.660. The van der Waals surface area contributed by atoms with Crippen LogP contribution in [-0.4, -0.2) is 18.6 Å². The van der Waals surface area contributed by atoms with Crippen molar-refractivity contribution in [1.82, 2.24) is 0 Å². The van der Waals surface area contributed by atoms with Gasteiger partial charge in [0, 0.05) is 5.56 Å². The summed E-state index contributed by atoms with van der Waals surface area (Å²) in [6.45, 7) is 3.51. The number of para-hydroxylation sites is 1. The Labute approximate surface area is 157 Å². The average Bonchev–Trinajstić information content (AvgIpc) is 2.82. The summed E-state index contributed by atoms with van der Waals surface area (Å²) in [7, 11) is -4.15. The molecule has 0 unspecified atom stereocenters. The molecule has 0 saturated heterocycles. The number of aromatic hydroxyl groups is 2. The van der Waals surface area contributed by atoms with Crippen LogP contribution < -0.4 is 4.18 Å². The molecule has 0 saturated carbocycles. The fourth-order valence-electron chi connectivity index (χ4n) is 3.94. The molecule has 0 radical (unpaired) electrons. The number of fused-ring (bicyclic) bond motifs is 1. The first-order chi connectivity index (χ1) is 12.8. The number of rotatable bonds is 2. The van der Waals surface area contributed by atoms with E-state index in [0.29, 0.717) is 27.8 Å². The molecule has 0 spiro atoms. The van der Waals surface area contributed by atoms with E-state index in [9.17, 15) is 18.6 Å². The molecular weight excluding hydrogens is 364 g/mol. The summed E-state index contributed by atoms with van der Waals surface area (Å²) in [6.07, 6.45) is 0. The van der Waals surface area contributed by atoms with Gasteiger partial charge < -0.3 is 14.4 Å². The lowest BCUT2D eigenvalue weighted by molar-refractivity contribution is 0.472. The minimum atomic E-state index is -4.15. The van der Waals surface area contributed by atoms with Crippen molar-refractivity contribution in [2.45, 2.75) is 18.6 Å². The SMILES string of the molecule is Cc1cc(O)ccc1C1(c2ccc(O)cc2C)c2ccccc2OS1(=O)=O. The third-order valence-electron chi connectivity index (χ3n) is 5.02. The summed E-state index contributed by atoms with van der Waals surface area (Å²) < 4.78 is 30.8. The van der Waals surface area contributed by atoms with Crippen molar-refractivity contribution in [3.05, 3.63) is 88.5 Å². The molecule has 0 atom stereocenters. The Kier molecular flexibility index (Phi) is 3.71. The molecule has 0 aromatic heterocycles. The van der Waals surface area contributed by atoms with Gasteiger partial charge in [0.1, 0.15) is 17.2 Å².